The van der Waals surface area contributed by atoms with E-state index in [1.54, 1.807) is 25.7 Å². The first-order chi connectivity index (χ1) is 11.2. The third-order valence-electron chi connectivity index (χ3n) is 3.45. The number of carbonyl (C=O) groups excluding carboxylic acids is 1. The molecule has 2 aromatic rings. The van der Waals surface area contributed by atoms with E-state index in [1.165, 1.54) is 0 Å². The average Bonchev–Trinajstić information content (AvgIpc) is 3.10. The highest BCUT2D eigenvalue weighted by Gasteiger charge is 2.19. The van der Waals surface area contributed by atoms with Crippen LogP contribution in [0.2, 0.25) is 0 Å². The number of imidazole rings is 1. The quantitative estimate of drug-likeness (QED) is 0.721. The van der Waals surface area contributed by atoms with Gasteiger partial charge in [0.2, 0.25) is 0 Å². The number of para-hydroxylation sites is 2. The lowest BCUT2D eigenvalue weighted by atomic mass is 10.2. The molecular weight excluding hydrogens is 294 g/mol. The summed E-state index contributed by atoms with van der Waals surface area (Å²) in [5.74, 6) is 1.10. The maximum Gasteiger partial charge on any atom is 0.261 e. The Kier molecular flexibility index (Phi) is 6.47. The van der Waals surface area contributed by atoms with Crippen LogP contribution in [-0.4, -0.2) is 35.2 Å². The van der Waals surface area contributed by atoms with Gasteiger partial charge in [-0.1, -0.05) is 19.1 Å². The fraction of sp³-hybridized carbons (Fsp3) is 0.412. The maximum absolute atomic E-state index is 12.2. The standard InChI is InChI=1S/C17H23N3O3/c1-3-14(23-16-8-5-4-7-15(16)22-2)17(21)19-9-6-11-20-12-10-18-13-20/h4-5,7-8,10,12-14H,3,6,9,11H2,1-2H3,(H,19,21). The van der Waals surface area contributed by atoms with Crippen LogP contribution in [-0.2, 0) is 11.3 Å². The molecule has 124 valence electrons. The van der Waals surface area contributed by atoms with Crippen molar-refractivity contribution in [3.63, 3.8) is 0 Å². The molecule has 6 nitrogen and oxygen atoms in total. The van der Waals surface area contributed by atoms with Gasteiger partial charge in [0.25, 0.3) is 5.91 Å². The minimum Gasteiger partial charge on any atom is -0.493 e. The number of nitrogens with one attached hydrogen (secondary N) is 1. The van der Waals surface area contributed by atoms with Crippen molar-refractivity contribution in [2.75, 3.05) is 13.7 Å². The van der Waals surface area contributed by atoms with E-state index in [0.29, 0.717) is 24.5 Å². The Balaban J connectivity index is 1.81. The van der Waals surface area contributed by atoms with Gasteiger partial charge in [-0.05, 0) is 25.0 Å². The monoisotopic (exact) mass is 317 g/mol. The molecule has 0 fully saturated rings. The molecule has 1 N–H and O–H groups in total. The van der Waals surface area contributed by atoms with Crippen molar-refractivity contribution in [2.45, 2.75) is 32.4 Å². The highest BCUT2D eigenvalue weighted by molar-refractivity contribution is 5.81. The Morgan fingerprint density at radius 3 is 2.78 bits per heavy atom. The van der Waals surface area contributed by atoms with Gasteiger partial charge in [0.1, 0.15) is 0 Å². The largest absolute Gasteiger partial charge is 0.493 e. The molecule has 0 aliphatic carbocycles. The topological polar surface area (TPSA) is 65.4 Å². The fourth-order valence-electron chi connectivity index (χ4n) is 2.20. The van der Waals surface area contributed by atoms with Crippen LogP contribution >= 0.6 is 0 Å². The van der Waals surface area contributed by atoms with E-state index in [1.807, 2.05) is 35.9 Å². The van der Waals surface area contributed by atoms with E-state index >= 15 is 0 Å². The number of amides is 1. The SMILES string of the molecule is CCC(Oc1ccccc1OC)C(=O)NCCCn1ccnc1. The van der Waals surface area contributed by atoms with Gasteiger partial charge in [-0.2, -0.15) is 0 Å². The molecule has 1 heterocycles. The number of aromatic nitrogens is 2. The van der Waals surface area contributed by atoms with Crippen LogP contribution < -0.4 is 14.8 Å². The fourth-order valence-corrected chi connectivity index (χ4v) is 2.20. The van der Waals surface area contributed by atoms with Crippen molar-refractivity contribution >= 4 is 5.91 Å². The number of rotatable bonds is 9. The number of benzene rings is 1. The predicted octanol–water partition coefficient (Wildman–Crippen LogP) is 2.26. The number of aryl methyl sites for hydroxylation is 1. The second kappa shape index (κ2) is 8.82. The van der Waals surface area contributed by atoms with E-state index in [2.05, 4.69) is 10.3 Å². The van der Waals surface area contributed by atoms with E-state index < -0.39 is 6.10 Å². The van der Waals surface area contributed by atoms with Crippen molar-refractivity contribution in [1.82, 2.24) is 14.9 Å². The number of nitrogens with zero attached hydrogens (tertiary/aromatic N) is 2. The van der Waals surface area contributed by atoms with E-state index in [-0.39, 0.29) is 5.91 Å². The number of carbonyl (C=O) groups is 1. The highest BCUT2D eigenvalue weighted by atomic mass is 16.5. The summed E-state index contributed by atoms with van der Waals surface area (Å²) in [6, 6.07) is 7.33. The third kappa shape index (κ3) is 5.02. The van der Waals surface area contributed by atoms with Gasteiger partial charge in [0, 0.05) is 25.5 Å². The second-order valence-corrected chi connectivity index (χ2v) is 5.11. The lowest BCUT2D eigenvalue weighted by Gasteiger charge is -2.18. The van der Waals surface area contributed by atoms with Gasteiger partial charge >= 0.3 is 0 Å². The molecule has 1 amide bonds. The van der Waals surface area contributed by atoms with Crippen molar-refractivity contribution in [3.05, 3.63) is 43.0 Å². The third-order valence-corrected chi connectivity index (χ3v) is 3.45. The summed E-state index contributed by atoms with van der Waals surface area (Å²) < 4.78 is 13.0. The second-order valence-electron chi connectivity index (χ2n) is 5.11. The minimum absolute atomic E-state index is 0.107. The molecule has 0 saturated carbocycles. The van der Waals surface area contributed by atoms with Gasteiger partial charge in [-0.25, -0.2) is 4.98 Å². The summed E-state index contributed by atoms with van der Waals surface area (Å²) in [5.41, 5.74) is 0. The van der Waals surface area contributed by atoms with Crippen LogP contribution in [0.25, 0.3) is 0 Å². The van der Waals surface area contributed by atoms with Gasteiger partial charge in [-0.3, -0.25) is 4.79 Å². The molecule has 0 spiro atoms. The lowest BCUT2D eigenvalue weighted by Crippen LogP contribution is -2.38. The Hall–Kier alpha value is -2.50. The van der Waals surface area contributed by atoms with Crippen molar-refractivity contribution < 1.29 is 14.3 Å². The lowest BCUT2D eigenvalue weighted by molar-refractivity contribution is -0.128. The molecule has 0 bridgehead atoms. The smallest absolute Gasteiger partial charge is 0.261 e. The molecule has 0 aliphatic heterocycles. The Morgan fingerprint density at radius 2 is 2.13 bits per heavy atom. The first-order valence-electron chi connectivity index (χ1n) is 7.77. The summed E-state index contributed by atoms with van der Waals surface area (Å²) in [4.78, 5) is 16.2. The van der Waals surface area contributed by atoms with Crippen molar-refractivity contribution in [1.29, 1.82) is 0 Å². The van der Waals surface area contributed by atoms with Crippen LogP contribution in [0.1, 0.15) is 19.8 Å². The van der Waals surface area contributed by atoms with Crippen molar-refractivity contribution in [2.24, 2.45) is 0 Å². The van der Waals surface area contributed by atoms with Gasteiger partial charge in [-0.15, -0.1) is 0 Å². The van der Waals surface area contributed by atoms with Gasteiger partial charge < -0.3 is 19.4 Å². The zero-order valence-corrected chi connectivity index (χ0v) is 13.6. The van der Waals surface area contributed by atoms with E-state index in [9.17, 15) is 4.79 Å². The summed E-state index contributed by atoms with van der Waals surface area (Å²) in [7, 11) is 1.58. The molecule has 1 atom stereocenters. The van der Waals surface area contributed by atoms with Crippen LogP contribution in [0.15, 0.2) is 43.0 Å². The molecule has 0 radical (unpaired) electrons. The predicted molar refractivity (Wildman–Crippen MR) is 87.6 cm³/mol. The van der Waals surface area contributed by atoms with Crippen LogP contribution in [0.5, 0.6) is 11.5 Å². The van der Waals surface area contributed by atoms with Crippen LogP contribution in [0.3, 0.4) is 0 Å². The molecule has 0 saturated heterocycles. The molecule has 0 aliphatic rings. The zero-order valence-electron chi connectivity index (χ0n) is 13.6. The number of ether oxygens (including phenoxy) is 2. The van der Waals surface area contributed by atoms with Gasteiger partial charge in [0.05, 0.1) is 13.4 Å². The van der Waals surface area contributed by atoms with Crippen LogP contribution in [0.4, 0.5) is 0 Å². The van der Waals surface area contributed by atoms with E-state index in [0.717, 1.165) is 13.0 Å². The summed E-state index contributed by atoms with van der Waals surface area (Å²) >= 11 is 0. The Bertz CT molecular complexity index is 599. The number of hydrogen-bond donors (Lipinski definition) is 1. The molecule has 2 rings (SSSR count). The average molecular weight is 317 g/mol. The molecule has 1 unspecified atom stereocenters. The highest BCUT2D eigenvalue weighted by Crippen LogP contribution is 2.27. The number of hydrogen-bond acceptors (Lipinski definition) is 4. The molecule has 1 aromatic heterocycles. The maximum atomic E-state index is 12.2. The normalized spacial score (nSPS) is 11.7. The summed E-state index contributed by atoms with van der Waals surface area (Å²) in [6.45, 7) is 3.35. The van der Waals surface area contributed by atoms with Crippen LogP contribution in [0, 0.1) is 0 Å². The van der Waals surface area contributed by atoms with Crippen molar-refractivity contribution in [3.8, 4) is 11.5 Å². The summed E-state index contributed by atoms with van der Waals surface area (Å²) in [5, 5.41) is 2.92. The first kappa shape index (κ1) is 16.9. The molecular formula is C17H23N3O3. The minimum atomic E-state index is -0.528. The summed E-state index contributed by atoms with van der Waals surface area (Å²) in [6.07, 6.45) is 6.31. The first-order valence-corrected chi connectivity index (χ1v) is 7.77. The molecule has 1 aromatic carbocycles. The zero-order chi connectivity index (χ0) is 16.5. The Morgan fingerprint density at radius 1 is 1.35 bits per heavy atom. The molecule has 6 heteroatoms. The number of methoxy groups -OCH3 is 1. The van der Waals surface area contributed by atoms with E-state index in [4.69, 9.17) is 9.47 Å². The molecule has 23 heavy (non-hydrogen) atoms. The Labute approximate surface area is 136 Å². The van der Waals surface area contributed by atoms with Gasteiger partial charge in [0.15, 0.2) is 17.6 Å².